The third-order valence-corrected chi connectivity index (χ3v) is 3.52. The van der Waals surface area contributed by atoms with Crippen molar-refractivity contribution in [2.24, 2.45) is 0 Å². The van der Waals surface area contributed by atoms with Crippen LogP contribution in [0.4, 0.5) is 0 Å². The van der Waals surface area contributed by atoms with Crippen molar-refractivity contribution in [3.63, 3.8) is 0 Å². The maximum Gasteiger partial charge on any atom is 0.160 e. The summed E-state index contributed by atoms with van der Waals surface area (Å²) in [4.78, 5) is 0. The molecule has 1 aromatic carbocycles. The van der Waals surface area contributed by atoms with Gasteiger partial charge in [-0.1, -0.05) is 29.8 Å². The fraction of sp³-hybridized carbons (Fsp3) is 0. The number of nitrogens with zero attached hydrogens (tertiary/aromatic N) is 2. The first-order valence-electron chi connectivity index (χ1n) is 4.15. The third-order valence-electron chi connectivity index (χ3n) is 2.15. The lowest BCUT2D eigenvalue weighted by molar-refractivity contribution is 1.05. The Morgan fingerprint density at radius 2 is 2.00 bits per heavy atom. The van der Waals surface area contributed by atoms with Crippen molar-refractivity contribution in [2.45, 2.75) is 0 Å². The van der Waals surface area contributed by atoms with E-state index < -0.39 is 0 Å². The summed E-state index contributed by atoms with van der Waals surface area (Å²) in [5, 5.41) is 10.3. The number of halogens is 1. The first kappa shape index (κ1) is 8.15. The largest absolute Gasteiger partial charge is 0.160 e. The first-order chi connectivity index (χ1) is 6.86. The van der Waals surface area contributed by atoms with Crippen molar-refractivity contribution in [3.8, 4) is 0 Å². The molecule has 68 valence electrons. The number of rotatable bonds is 0. The van der Waals surface area contributed by atoms with Crippen LogP contribution in [0.5, 0.6) is 0 Å². The van der Waals surface area contributed by atoms with Crippen LogP contribution < -0.4 is 0 Å². The van der Waals surface area contributed by atoms with Gasteiger partial charge in [0.2, 0.25) is 0 Å². The predicted molar refractivity (Wildman–Crippen MR) is 59.9 cm³/mol. The van der Waals surface area contributed by atoms with Crippen molar-refractivity contribution >= 4 is 43.1 Å². The number of thiophene rings is 1. The summed E-state index contributed by atoms with van der Waals surface area (Å²) in [6, 6.07) is 8.16. The van der Waals surface area contributed by atoms with Crippen LogP contribution in [0.3, 0.4) is 0 Å². The van der Waals surface area contributed by atoms with Crippen LogP contribution in [0.2, 0.25) is 5.15 Å². The first-order valence-corrected chi connectivity index (χ1v) is 5.34. The molecule has 3 aromatic rings. The zero-order valence-electron chi connectivity index (χ0n) is 7.07. The quantitative estimate of drug-likeness (QED) is 0.580. The molecule has 2 heterocycles. The number of hydrogen-bond acceptors (Lipinski definition) is 3. The summed E-state index contributed by atoms with van der Waals surface area (Å²) in [6.45, 7) is 0. The van der Waals surface area contributed by atoms with Gasteiger partial charge in [-0.05, 0) is 6.07 Å². The van der Waals surface area contributed by atoms with E-state index in [1.54, 1.807) is 17.5 Å². The smallest absolute Gasteiger partial charge is 0.156 e. The molecular weight excluding hydrogens is 216 g/mol. The molecule has 3 rings (SSSR count). The van der Waals surface area contributed by atoms with Gasteiger partial charge in [-0.15, -0.1) is 16.4 Å². The van der Waals surface area contributed by atoms with Crippen molar-refractivity contribution < 1.29 is 0 Å². The Kier molecular flexibility index (Phi) is 1.69. The maximum absolute atomic E-state index is 6.01. The number of fused-ring (bicyclic) bond motifs is 3. The van der Waals surface area contributed by atoms with Gasteiger partial charge >= 0.3 is 0 Å². The van der Waals surface area contributed by atoms with E-state index >= 15 is 0 Å². The topological polar surface area (TPSA) is 25.8 Å². The average Bonchev–Trinajstić information content (AvgIpc) is 2.57. The molecule has 0 fully saturated rings. The van der Waals surface area contributed by atoms with Gasteiger partial charge in [-0.2, -0.15) is 5.10 Å². The fourth-order valence-corrected chi connectivity index (χ4v) is 2.93. The van der Waals surface area contributed by atoms with Gasteiger partial charge in [-0.3, -0.25) is 0 Å². The van der Waals surface area contributed by atoms with Crippen LogP contribution in [0, 0.1) is 0 Å². The Morgan fingerprint density at radius 1 is 1.14 bits per heavy atom. The summed E-state index contributed by atoms with van der Waals surface area (Å²) in [6.07, 6.45) is 1.76. The van der Waals surface area contributed by atoms with Crippen LogP contribution in [-0.4, -0.2) is 10.2 Å². The highest BCUT2D eigenvalue weighted by molar-refractivity contribution is 7.25. The SMILES string of the molecule is Clc1nncc2sc3ccccc3c12. The highest BCUT2D eigenvalue weighted by Crippen LogP contribution is 2.35. The van der Waals surface area contributed by atoms with E-state index in [1.165, 1.54) is 4.70 Å². The molecule has 0 saturated carbocycles. The lowest BCUT2D eigenvalue weighted by Gasteiger charge is -1.91. The molecule has 0 aliphatic carbocycles. The second-order valence-electron chi connectivity index (χ2n) is 2.97. The Morgan fingerprint density at radius 3 is 2.93 bits per heavy atom. The van der Waals surface area contributed by atoms with Gasteiger partial charge in [0, 0.05) is 15.5 Å². The van der Waals surface area contributed by atoms with E-state index in [-0.39, 0.29) is 0 Å². The minimum absolute atomic E-state index is 0.486. The zero-order valence-corrected chi connectivity index (χ0v) is 8.64. The molecule has 0 amide bonds. The normalized spacial score (nSPS) is 11.2. The van der Waals surface area contributed by atoms with E-state index in [4.69, 9.17) is 11.6 Å². The highest BCUT2D eigenvalue weighted by Gasteiger charge is 2.08. The van der Waals surface area contributed by atoms with Gasteiger partial charge in [-0.25, -0.2) is 0 Å². The van der Waals surface area contributed by atoms with Crippen LogP contribution in [0.25, 0.3) is 20.2 Å². The van der Waals surface area contributed by atoms with Crippen molar-refractivity contribution in [1.29, 1.82) is 0 Å². The van der Waals surface area contributed by atoms with Crippen LogP contribution in [0.1, 0.15) is 0 Å². The predicted octanol–water partition coefficient (Wildman–Crippen LogP) is 3.50. The second kappa shape index (κ2) is 2.90. The molecule has 0 N–H and O–H groups in total. The summed E-state index contributed by atoms with van der Waals surface area (Å²) >= 11 is 7.70. The number of benzene rings is 1. The molecule has 2 nitrogen and oxygen atoms in total. The van der Waals surface area contributed by atoms with Crippen molar-refractivity contribution in [1.82, 2.24) is 10.2 Å². The third kappa shape index (κ3) is 1.03. The van der Waals surface area contributed by atoms with Gasteiger partial charge in [0.05, 0.1) is 10.9 Å². The highest BCUT2D eigenvalue weighted by atomic mass is 35.5. The molecule has 0 aliphatic heterocycles. The molecule has 14 heavy (non-hydrogen) atoms. The molecule has 0 atom stereocenters. The van der Waals surface area contributed by atoms with Gasteiger partial charge in [0.15, 0.2) is 5.15 Å². The average molecular weight is 221 g/mol. The van der Waals surface area contributed by atoms with Crippen molar-refractivity contribution in [2.75, 3.05) is 0 Å². The number of aromatic nitrogens is 2. The lowest BCUT2D eigenvalue weighted by Crippen LogP contribution is -1.79. The zero-order chi connectivity index (χ0) is 9.54. The molecule has 2 aromatic heterocycles. The Bertz CT molecular complexity index is 618. The van der Waals surface area contributed by atoms with E-state index in [9.17, 15) is 0 Å². The van der Waals surface area contributed by atoms with E-state index in [0.717, 1.165) is 15.5 Å². The van der Waals surface area contributed by atoms with Crippen LogP contribution >= 0.6 is 22.9 Å². The molecule has 0 bridgehead atoms. The summed E-state index contributed by atoms with van der Waals surface area (Å²) < 4.78 is 2.31. The fourth-order valence-electron chi connectivity index (χ4n) is 1.55. The molecule has 0 saturated heterocycles. The minimum Gasteiger partial charge on any atom is -0.156 e. The Balaban J connectivity index is 2.65. The summed E-state index contributed by atoms with van der Waals surface area (Å²) in [7, 11) is 0. The van der Waals surface area contributed by atoms with Crippen LogP contribution in [0.15, 0.2) is 30.5 Å². The molecule has 0 radical (unpaired) electrons. The van der Waals surface area contributed by atoms with Gasteiger partial charge in [0.1, 0.15) is 0 Å². The molecule has 0 unspecified atom stereocenters. The summed E-state index contributed by atoms with van der Waals surface area (Å²) in [5.41, 5.74) is 0. The molecular formula is C10H5ClN2S. The van der Waals surface area contributed by atoms with Gasteiger partial charge < -0.3 is 0 Å². The Hall–Kier alpha value is -1.19. The molecule has 0 aliphatic rings. The standard InChI is InChI=1S/C10H5ClN2S/c11-10-9-6-3-1-2-4-7(6)14-8(9)5-12-13-10/h1-5H. The van der Waals surface area contributed by atoms with E-state index in [0.29, 0.717) is 5.15 Å². The van der Waals surface area contributed by atoms with E-state index in [1.807, 2.05) is 12.1 Å². The second-order valence-corrected chi connectivity index (χ2v) is 4.41. The molecule has 0 spiro atoms. The minimum atomic E-state index is 0.486. The monoisotopic (exact) mass is 220 g/mol. The number of hydrogen-bond donors (Lipinski definition) is 0. The van der Waals surface area contributed by atoms with Crippen molar-refractivity contribution in [3.05, 3.63) is 35.6 Å². The lowest BCUT2D eigenvalue weighted by atomic mass is 10.2. The Labute approximate surface area is 89.1 Å². The van der Waals surface area contributed by atoms with E-state index in [2.05, 4.69) is 22.3 Å². The van der Waals surface area contributed by atoms with Gasteiger partial charge in [0.25, 0.3) is 0 Å². The molecule has 4 heteroatoms. The summed E-state index contributed by atoms with van der Waals surface area (Å²) in [5.74, 6) is 0. The van der Waals surface area contributed by atoms with Crippen LogP contribution in [-0.2, 0) is 0 Å². The maximum atomic E-state index is 6.01.